The number of rotatable bonds is 5. The molecule has 2 fully saturated rings. The Morgan fingerprint density at radius 3 is 2.94 bits per heavy atom. The fraction of sp³-hybridized carbons (Fsp3) is 0.917. The third-order valence-electron chi connectivity index (χ3n) is 3.22. The van der Waals surface area contributed by atoms with Crippen molar-refractivity contribution in [1.82, 2.24) is 10.2 Å². The Morgan fingerprint density at radius 1 is 1.44 bits per heavy atom. The van der Waals surface area contributed by atoms with Crippen LogP contribution in [-0.4, -0.2) is 43.3 Å². The maximum absolute atomic E-state index is 11.7. The molecular formula is C12H22N2O2. The summed E-state index contributed by atoms with van der Waals surface area (Å²) in [6, 6.07) is 0.0689. The van der Waals surface area contributed by atoms with Gasteiger partial charge in [0.05, 0.1) is 6.10 Å². The standard InChI is InChI=1S/C12H22N2O2/c1-2-6-13-12(15)14-7-5-11(8-14)16-9-10-3-4-10/h10-11H,2-9H2,1H3,(H,13,15). The fourth-order valence-corrected chi connectivity index (χ4v) is 1.95. The van der Waals surface area contributed by atoms with E-state index in [1.165, 1.54) is 12.8 Å². The Balaban J connectivity index is 1.63. The number of ether oxygens (including phenoxy) is 1. The Morgan fingerprint density at radius 2 is 2.25 bits per heavy atom. The molecule has 2 rings (SSSR count). The van der Waals surface area contributed by atoms with E-state index in [0.29, 0.717) is 0 Å². The predicted octanol–water partition coefficient (Wildman–Crippen LogP) is 1.61. The molecule has 2 amide bonds. The van der Waals surface area contributed by atoms with Crippen molar-refractivity contribution in [3.63, 3.8) is 0 Å². The molecule has 1 saturated heterocycles. The third kappa shape index (κ3) is 3.37. The first-order chi connectivity index (χ1) is 7.79. The van der Waals surface area contributed by atoms with Crippen LogP contribution in [0.25, 0.3) is 0 Å². The minimum absolute atomic E-state index is 0.0689. The second-order valence-electron chi connectivity index (χ2n) is 4.87. The van der Waals surface area contributed by atoms with Gasteiger partial charge in [-0.2, -0.15) is 0 Å². The fourth-order valence-electron chi connectivity index (χ4n) is 1.95. The van der Waals surface area contributed by atoms with E-state index in [2.05, 4.69) is 12.2 Å². The Labute approximate surface area is 97.3 Å². The number of carbonyl (C=O) groups is 1. The molecule has 1 N–H and O–H groups in total. The van der Waals surface area contributed by atoms with Crippen LogP contribution >= 0.6 is 0 Å². The molecule has 0 aromatic heterocycles. The number of urea groups is 1. The van der Waals surface area contributed by atoms with Crippen LogP contribution in [0.5, 0.6) is 0 Å². The van der Waals surface area contributed by atoms with E-state index < -0.39 is 0 Å². The summed E-state index contributed by atoms with van der Waals surface area (Å²) < 4.78 is 5.79. The Bertz CT molecular complexity index is 241. The summed E-state index contributed by atoms with van der Waals surface area (Å²) in [7, 11) is 0. The van der Waals surface area contributed by atoms with Crippen LogP contribution in [0.4, 0.5) is 4.79 Å². The van der Waals surface area contributed by atoms with Gasteiger partial charge in [-0.3, -0.25) is 0 Å². The monoisotopic (exact) mass is 226 g/mol. The van der Waals surface area contributed by atoms with Gasteiger partial charge in [0.1, 0.15) is 0 Å². The molecule has 4 nitrogen and oxygen atoms in total. The second-order valence-corrected chi connectivity index (χ2v) is 4.87. The molecule has 92 valence electrons. The lowest BCUT2D eigenvalue weighted by atomic mass is 10.3. The molecule has 1 saturated carbocycles. The second kappa shape index (κ2) is 5.53. The summed E-state index contributed by atoms with van der Waals surface area (Å²) in [4.78, 5) is 13.5. The molecule has 16 heavy (non-hydrogen) atoms. The van der Waals surface area contributed by atoms with Crippen LogP contribution in [0.1, 0.15) is 32.6 Å². The minimum Gasteiger partial charge on any atom is -0.376 e. The number of nitrogens with one attached hydrogen (secondary N) is 1. The van der Waals surface area contributed by atoms with Crippen molar-refractivity contribution in [3.8, 4) is 0 Å². The highest BCUT2D eigenvalue weighted by Gasteiger charge is 2.29. The highest BCUT2D eigenvalue weighted by molar-refractivity contribution is 5.74. The first-order valence-corrected chi connectivity index (χ1v) is 6.44. The van der Waals surface area contributed by atoms with E-state index in [4.69, 9.17) is 4.74 Å². The van der Waals surface area contributed by atoms with Crippen LogP contribution < -0.4 is 5.32 Å². The smallest absolute Gasteiger partial charge is 0.317 e. The SMILES string of the molecule is CCCNC(=O)N1CCC(OCC2CC2)C1. The molecule has 0 aromatic rings. The van der Waals surface area contributed by atoms with Gasteiger partial charge < -0.3 is 15.0 Å². The van der Waals surface area contributed by atoms with Crippen molar-refractivity contribution in [2.45, 2.75) is 38.7 Å². The Kier molecular flexibility index (Phi) is 4.04. The van der Waals surface area contributed by atoms with Gasteiger partial charge in [-0.1, -0.05) is 6.92 Å². The number of hydrogen-bond acceptors (Lipinski definition) is 2. The lowest BCUT2D eigenvalue weighted by Gasteiger charge is -2.17. The van der Waals surface area contributed by atoms with Crippen molar-refractivity contribution < 1.29 is 9.53 Å². The molecule has 1 unspecified atom stereocenters. The quantitative estimate of drug-likeness (QED) is 0.773. The van der Waals surface area contributed by atoms with Crippen molar-refractivity contribution in [3.05, 3.63) is 0 Å². The maximum Gasteiger partial charge on any atom is 0.317 e. The molecule has 1 atom stereocenters. The molecule has 0 radical (unpaired) electrons. The summed E-state index contributed by atoms with van der Waals surface area (Å²) >= 11 is 0. The van der Waals surface area contributed by atoms with Crippen molar-refractivity contribution in [2.24, 2.45) is 5.92 Å². The predicted molar refractivity (Wildman–Crippen MR) is 62.3 cm³/mol. The van der Waals surface area contributed by atoms with E-state index in [9.17, 15) is 4.79 Å². The van der Waals surface area contributed by atoms with E-state index in [-0.39, 0.29) is 12.1 Å². The maximum atomic E-state index is 11.7. The first kappa shape index (κ1) is 11.7. The average molecular weight is 226 g/mol. The highest BCUT2D eigenvalue weighted by atomic mass is 16.5. The van der Waals surface area contributed by atoms with Gasteiger partial charge in [-0.05, 0) is 31.6 Å². The number of nitrogens with zero attached hydrogens (tertiary/aromatic N) is 1. The van der Waals surface area contributed by atoms with E-state index in [0.717, 1.165) is 45.0 Å². The number of likely N-dealkylation sites (tertiary alicyclic amines) is 1. The van der Waals surface area contributed by atoms with Crippen molar-refractivity contribution >= 4 is 6.03 Å². The topological polar surface area (TPSA) is 41.6 Å². The van der Waals surface area contributed by atoms with Gasteiger partial charge in [-0.15, -0.1) is 0 Å². The number of hydrogen-bond donors (Lipinski definition) is 1. The molecule has 1 heterocycles. The molecule has 0 aromatic carbocycles. The molecule has 0 spiro atoms. The van der Waals surface area contributed by atoms with Gasteiger partial charge in [0.15, 0.2) is 0 Å². The highest BCUT2D eigenvalue weighted by Crippen LogP contribution is 2.29. The van der Waals surface area contributed by atoms with Gasteiger partial charge in [0.25, 0.3) is 0 Å². The average Bonchev–Trinajstić information content (AvgIpc) is 3.00. The summed E-state index contributed by atoms with van der Waals surface area (Å²) in [6.45, 7) is 5.33. The minimum atomic E-state index is 0.0689. The van der Waals surface area contributed by atoms with Gasteiger partial charge in [0.2, 0.25) is 0 Å². The lowest BCUT2D eigenvalue weighted by molar-refractivity contribution is 0.0538. The molecular weight excluding hydrogens is 204 g/mol. The number of carbonyl (C=O) groups excluding carboxylic acids is 1. The van der Waals surface area contributed by atoms with E-state index in [1.54, 1.807) is 0 Å². The molecule has 2 aliphatic rings. The summed E-state index contributed by atoms with van der Waals surface area (Å²) in [5.74, 6) is 0.808. The van der Waals surface area contributed by atoms with Crippen molar-refractivity contribution in [2.75, 3.05) is 26.2 Å². The molecule has 4 heteroatoms. The van der Waals surface area contributed by atoms with E-state index >= 15 is 0 Å². The summed E-state index contributed by atoms with van der Waals surface area (Å²) in [5.41, 5.74) is 0. The molecule has 1 aliphatic carbocycles. The first-order valence-electron chi connectivity index (χ1n) is 6.44. The van der Waals surface area contributed by atoms with E-state index in [1.807, 2.05) is 4.90 Å². The number of amides is 2. The Hall–Kier alpha value is -0.770. The van der Waals surface area contributed by atoms with Crippen LogP contribution in [0.15, 0.2) is 0 Å². The van der Waals surface area contributed by atoms with Crippen LogP contribution in [0, 0.1) is 5.92 Å². The summed E-state index contributed by atoms with van der Waals surface area (Å²) in [5, 5.41) is 2.90. The van der Waals surface area contributed by atoms with Gasteiger partial charge >= 0.3 is 6.03 Å². The third-order valence-corrected chi connectivity index (χ3v) is 3.22. The lowest BCUT2D eigenvalue weighted by Crippen LogP contribution is -2.39. The zero-order chi connectivity index (χ0) is 11.4. The summed E-state index contributed by atoms with van der Waals surface area (Å²) in [6.07, 6.45) is 4.90. The van der Waals surface area contributed by atoms with Crippen LogP contribution in [0.3, 0.4) is 0 Å². The zero-order valence-electron chi connectivity index (χ0n) is 10.1. The van der Waals surface area contributed by atoms with Gasteiger partial charge in [0, 0.05) is 26.2 Å². The van der Waals surface area contributed by atoms with Crippen LogP contribution in [-0.2, 0) is 4.74 Å². The zero-order valence-corrected chi connectivity index (χ0v) is 10.1. The van der Waals surface area contributed by atoms with Gasteiger partial charge in [-0.25, -0.2) is 4.79 Å². The van der Waals surface area contributed by atoms with Crippen LogP contribution in [0.2, 0.25) is 0 Å². The van der Waals surface area contributed by atoms with Crippen molar-refractivity contribution in [1.29, 1.82) is 0 Å². The molecule has 0 bridgehead atoms. The normalized spacial score (nSPS) is 24.8. The molecule has 1 aliphatic heterocycles. The largest absolute Gasteiger partial charge is 0.376 e.